The Bertz CT molecular complexity index is 1370. The van der Waals surface area contributed by atoms with Crippen molar-refractivity contribution in [2.75, 3.05) is 6.61 Å². The molecule has 0 bridgehead atoms. The normalized spacial score (nSPS) is 13.1. The van der Waals surface area contributed by atoms with Crippen LogP contribution in [-0.4, -0.2) is 44.3 Å². The molecule has 2 atom stereocenters. The maximum Gasteiger partial charge on any atom is 0.251 e. The van der Waals surface area contributed by atoms with Gasteiger partial charge in [-0.2, -0.15) is 0 Å². The molecule has 0 aliphatic rings. The molecule has 37 heavy (non-hydrogen) atoms. The molecule has 0 fully saturated rings. The number of imidazole rings is 1. The number of pyridine rings is 1. The van der Waals surface area contributed by atoms with Gasteiger partial charge in [0, 0.05) is 41.7 Å². The predicted molar refractivity (Wildman–Crippen MR) is 145 cm³/mol. The predicted octanol–water partition coefficient (Wildman–Crippen LogP) is 5.22. The van der Waals surface area contributed by atoms with E-state index >= 15 is 0 Å². The maximum absolute atomic E-state index is 12.9. The topological polar surface area (TPSA) is 96.1 Å². The van der Waals surface area contributed by atoms with Crippen LogP contribution in [0.2, 0.25) is 5.02 Å². The second-order valence-corrected chi connectivity index (χ2v) is 9.80. The van der Waals surface area contributed by atoms with Gasteiger partial charge >= 0.3 is 0 Å². The van der Waals surface area contributed by atoms with Gasteiger partial charge in [0.1, 0.15) is 11.4 Å². The van der Waals surface area contributed by atoms with E-state index in [1.165, 1.54) is 0 Å². The number of carbonyl (C=O) groups is 1. The number of nitrogens with one attached hydrogen (secondary N) is 1. The Kier molecular flexibility index (Phi) is 8.48. The first-order chi connectivity index (χ1) is 17.7. The van der Waals surface area contributed by atoms with Crippen molar-refractivity contribution in [3.05, 3.63) is 88.7 Å². The van der Waals surface area contributed by atoms with E-state index in [9.17, 15) is 15.0 Å². The summed E-state index contributed by atoms with van der Waals surface area (Å²) in [6.07, 6.45) is 4.20. The van der Waals surface area contributed by atoms with Gasteiger partial charge in [-0.1, -0.05) is 41.9 Å². The minimum Gasteiger partial charge on any atom is -0.489 e. The number of aliphatic hydroxyl groups is 2. The summed E-state index contributed by atoms with van der Waals surface area (Å²) in [6.45, 7) is 5.50. The van der Waals surface area contributed by atoms with Crippen LogP contribution in [0.25, 0.3) is 16.9 Å². The minimum absolute atomic E-state index is 0.0214. The number of halogens is 1. The molecule has 8 heteroatoms. The number of aliphatic hydroxyl groups excluding tert-OH is 2. The first-order valence-corrected chi connectivity index (χ1v) is 12.8. The van der Waals surface area contributed by atoms with Crippen LogP contribution in [-0.2, 0) is 6.42 Å². The lowest BCUT2D eigenvalue weighted by Crippen LogP contribution is -2.37. The number of ether oxygens (including phenoxy) is 1. The van der Waals surface area contributed by atoms with Crippen molar-refractivity contribution in [3.63, 3.8) is 0 Å². The second kappa shape index (κ2) is 11.8. The summed E-state index contributed by atoms with van der Waals surface area (Å²) in [5.41, 5.74) is 4.71. The summed E-state index contributed by atoms with van der Waals surface area (Å²) < 4.78 is 7.55. The Morgan fingerprint density at radius 3 is 2.54 bits per heavy atom. The van der Waals surface area contributed by atoms with E-state index in [2.05, 4.69) is 5.32 Å². The van der Waals surface area contributed by atoms with Crippen molar-refractivity contribution < 1.29 is 19.7 Å². The van der Waals surface area contributed by atoms with Gasteiger partial charge in [-0.05, 0) is 63.4 Å². The van der Waals surface area contributed by atoms with E-state index in [4.69, 9.17) is 21.3 Å². The molecule has 4 rings (SSSR count). The van der Waals surface area contributed by atoms with Crippen molar-refractivity contribution in [2.45, 2.75) is 51.9 Å². The number of aromatic nitrogens is 2. The average molecular weight is 522 g/mol. The van der Waals surface area contributed by atoms with Crippen molar-refractivity contribution in [1.29, 1.82) is 0 Å². The van der Waals surface area contributed by atoms with E-state index in [-0.39, 0.29) is 24.7 Å². The fourth-order valence-electron chi connectivity index (χ4n) is 4.24. The van der Waals surface area contributed by atoms with Crippen LogP contribution in [0.1, 0.15) is 54.8 Å². The highest BCUT2D eigenvalue weighted by atomic mass is 35.5. The van der Waals surface area contributed by atoms with Crippen LogP contribution in [0.15, 0.2) is 67.0 Å². The van der Waals surface area contributed by atoms with Gasteiger partial charge in [0.25, 0.3) is 5.91 Å². The number of hydrogen-bond donors (Lipinski definition) is 3. The second-order valence-electron chi connectivity index (χ2n) is 9.39. The Labute approximate surface area is 221 Å². The first kappa shape index (κ1) is 26.7. The number of rotatable bonds is 10. The van der Waals surface area contributed by atoms with Gasteiger partial charge in [0.15, 0.2) is 0 Å². The van der Waals surface area contributed by atoms with Crippen molar-refractivity contribution >= 4 is 23.2 Å². The van der Waals surface area contributed by atoms with Gasteiger partial charge < -0.3 is 24.7 Å². The molecule has 0 radical (unpaired) electrons. The van der Waals surface area contributed by atoms with Gasteiger partial charge in [0.05, 0.1) is 22.9 Å². The molecule has 0 unspecified atom stereocenters. The fourth-order valence-corrected chi connectivity index (χ4v) is 4.46. The Morgan fingerprint density at radius 1 is 1.14 bits per heavy atom. The van der Waals surface area contributed by atoms with E-state index in [1.807, 2.05) is 67.0 Å². The molecule has 4 aromatic rings. The number of amides is 1. The molecule has 0 aliphatic carbocycles. The highest BCUT2D eigenvalue weighted by Crippen LogP contribution is 2.27. The molecular formula is C29H32ClN3O4. The fraction of sp³-hybridized carbons (Fsp3) is 0.310. The Balaban J connectivity index is 1.46. The summed E-state index contributed by atoms with van der Waals surface area (Å²) in [6, 6.07) is 16.5. The summed E-state index contributed by atoms with van der Waals surface area (Å²) in [5, 5.41) is 23.0. The monoisotopic (exact) mass is 521 g/mol. The van der Waals surface area contributed by atoms with E-state index < -0.39 is 6.10 Å². The molecule has 194 valence electrons. The van der Waals surface area contributed by atoms with E-state index in [1.54, 1.807) is 25.1 Å². The van der Waals surface area contributed by atoms with Crippen molar-refractivity contribution in [2.24, 2.45) is 0 Å². The molecule has 0 saturated heterocycles. The largest absolute Gasteiger partial charge is 0.489 e. The van der Waals surface area contributed by atoms with Gasteiger partial charge in [-0.15, -0.1) is 0 Å². The molecule has 2 aromatic carbocycles. The van der Waals surface area contributed by atoms with Crippen LogP contribution in [0.5, 0.6) is 5.75 Å². The zero-order valence-corrected chi connectivity index (χ0v) is 21.9. The van der Waals surface area contributed by atoms with Crippen molar-refractivity contribution in [3.8, 4) is 17.0 Å². The third kappa shape index (κ3) is 6.49. The van der Waals surface area contributed by atoms with Gasteiger partial charge in [-0.25, -0.2) is 4.98 Å². The van der Waals surface area contributed by atoms with Crippen LogP contribution in [0, 0.1) is 0 Å². The molecule has 2 heterocycles. The lowest BCUT2D eigenvalue weighted by Gasteiger charge is -2.19. The minimum atomic E-state index is -0.609. The summed E-state index contributed by atoms with van der Waals surface area (Å²) in [5.74, 6) is 0.277. The van der Waals surface area contributed by atoms with Crippen molar-refractivity contribution in [1.82, 2.24) is 14.7 Å². The first-order valence-electron chi connectivity index (χ1n) is 12.4. The molecule has 0 saturated carbocycles. The SMILES string of the molecule is CC(C)Oc1ccc(C(=O)N[C@H](CCO)Cc2ccc(-c3cn4cccc([C@H](C)O)c4n3)cc2)cc1Cl. The highest BCUT2D eigenvalue weighted by Gasteiger charge is 2.17. The van der Waals surface area contributed by atoms with Crippen LogP contribution in [0.4, 0.5) is 0 Å². The molecule has 3 N–H and O–H groups in total. The third-order valence-corrected chi connectivity index (χ3v) is 6.36. The summed E-state index contributed by atoms with van der Waals surface area (Å²) in [4.78, 5) is 17.6. The Morgan fingerprint density at radius 2 is 1.89 bits per heavy atom. The van der Waals surface area contributed by atoms with Crippen LogP contribution >= 0.6 is 11.6 Å². The van der Waals surface area contributed by atoms with E-state index in [0.717, 1.165) is 28.0 Å². The lowest BCUT2D eigenvalue weighted by atomic mass is 10.0. The Hall–Kier alpha value is -3.39. The molecule has 0 aliphatic heterocycles. The third-order valence-electron chi connectivity index (χ3n) is 6.06. The molecular weight excluding hydrogens is 490 g/mol. The molecule has 0 spiro atoms. The number of fused-ring (bicyclic) bond motifs is 1. The highest BCUT2D eigenvalue weighted by molar-refractivity contribution is 6.32. The average Bonchev–Trinajstić information content (AvgIpc) is 3.30. The number of hydrogen-bond acceptors (Lipinski definition) is 5. The zero-order chi connectivity index (χ0) is 26.5. The van der Waals surface area contributed by atoms with Gasteiger partial charge in [-0.3, -0.25) is 4.79 Å². The van der Waals surface area contributed by atoms with Crippen LogP contribution in [0.3, 0.4) is 0 Å². The maximum atomic E-state index is 12.9. The number of nitrogens with zero attached hydrogens (tertiary/aromatic N) is 2. The number of carbonyl (C=O) groups excluding carboxylic acids is 1. The molecule has 1 amide bonds. The molecule has 7 nitrogen and oxygen atoms in total. The lowest BCUT2D eigenvalue weighted by molar-refractivity contribution is 0.0930. The zero-order valence-electron chi connectivity index (χ0n) is 21.2. The van der Waals surface area contributed by atoms with Crippen LogP contribution < -0.4 is 10.1 Å². The summed E-state index contributed by atoms with van der Waals surface area (Å²) >= 11 is 6.30. The standard InChI is InChI=1S/C29H32ClN3O4/c1-18(2)37-27-11-10-22(16-25(27)30)29(36)31-23(12-14-34)15-20-6-8-21(9-7-20)26-17-33-13-4-5-24(19(3)35)28(33)32-26/h4-11,13,16-19,23,34-35H,12,14-15H2,1-3H3,(H,31,36)/t19-,23+/m0/s1. The quantitative estimate of drug-likeness (QED) is 0.266. The van der Waals surface area contributed by atoms with Gasteiger partial charge in [0.2, 0.25) is 0 Å². The van der Waals surface area contributed by atoms with E-state index in [0.29, 0.717) is 29.2 Å². The number of benzene rings is 2. The summed E-state index contributed by atoms with van der Waals surface area (Å²) in [7, 11) is 0. The molecule has 2 aromatic heterocycles. The smallest absolute Gasteiger partial charge is 0.251 e.